The summed E-state index contributed by atoms with van der Waals surface area (Å²) in [5, 5.41) is 0. The Balaban J connectivity index is 2.35. The van der Waals surface area contributed by atoms with Crippen LogP contribution in [0, 0.1) is 11.7 Å². The van der Waals surface area contributed by atoms with Crippen molar-refractivity contribution in [3.8, 4) is 17.1 Å². The van der Waals surface area contributed by atoms with Gasteiger partial charge in [-0.1, -0.05) is 19.9 Å². The van der Waals surface area contributed by atoms with Crippen LogP contribution in [0.5, 0.6) is 5.75 Å². The standard InChI is InChI=1S/C14H15FO2/c1-10(2)9-17-13-6-3-5-11(15)14(13)12-7-4-8-16-12/h3-8,10H,9H2,1-2H3. The highest BCUT2D eigenvalue weighted by Gasteiger charge is 2.14. The second-order valence-electron chi connectivity index (χ2n) is 4.30. The van der Waals surface area contributed by atoms with E-state index in [1.807, 2.05) is 13.8 Å². The average molecular weight is 234 g/mol. The van der Waals surface area contributed by atoms with Gasteiger partial charge in [0.25, 0.3) is 0 Å². The molecule has 0 radical (unpaired) electrons. The average Bonchev–Trinajstić information content (AvgIpc) is 2.79. The lowest BCUT2D eigenvalue weighted by Crippen LogP contribution is -2.05. The van der Waals surface area contributed by atoms with Gasteiger partial charge in [-0.05, 0) is 30.2 Å². The molecule has 0 unspecified atom stereocenters. The predicted octanol–water partition coefficient (Wildman–Crippen LogP) is 4.12. The Kier molecular flexibility index (Phi) is 3.47. The van der Waals surface area contributed by atoms with Crippen molar-refractivity contribution in [2.75, 3.05) is 6.61 Å². The van der Waals surface area contributed by atoms with E-state index in [0.29, 0.717) is 29.6 Å². The fourth-order valence-corrected chi connectivity index (χ4v) is 1.54. The van der Waals surface area contributed by atoms with Gasteiger partial charge >= 0.3 is 0 Å². The van der Waals surface area contributed by atoms with Crippen LogP contribution in [0.1, 0.15) is 13.8 Å². The molecule has 0 atom stereocenters. The summed E-state index contributed by atoms with van der Waals surface area (Å²) < 4.78 is 24.6. The highest BCUT2D eigenvalue weighted by atomic mass is 19.1. The second kappa shape index (κ2) is 5.04. The first-order valence-corrected chi connectivity index (χ1v) is 5.63. The largest absolute Gasteiger partial charge is 0.492 e. The van der Waals surface area contributed by atoms with Crippen molar-refractivity contribution in [3.63, 3.8) is 0 Å². The van der Waals surface area contributed by atoms with Crippen molar-refractivity contribution in [2.45, 2.75) is 13.8 Å². The number of furan rings is 1. The molecule has 1 aromatic carbocycles. The molecule has 0 aliphatic rings. The van der Waals surface area contributed by atoms with Crippen LogP contribution in [0.25, 0.3) is 11.3 Å². The van der Waals surface area contributed by atoms with Crippen LogP contribution in [-0.2, 0) is 0 Å². The molecule has 0 bridgehead atoms. The summed E-state index contributed by atoms with van der Waals surface area (Å²) in [4.78, 5) is 0. The van der Waals surface area contributed by atoms with Crippen LogP contribution in [0.15, 0.2) is 41.0 Å². The van der Waals surface area contributed by atoms with E-state index in [-0.39, 0.29) is 5.82 Å². The summed E-state index contributed by atoms with van der Waals surface area (Å²) in [6.07, 6.45) is 1.52. The molecule has 2 aromatic rings. The van der Waals surface area contributed by atoms with Crippen molar-refractivity contribution in [3.05, 3.63) is 42.4 Å². The molecule has 0 aliphatic carbocycles. The molecule has 0 aliphatic heterocycles. The zero-order valence-electron chi connectivity index (χ0n) is 9.94. The lowest BCUT2D eigenvalue weighted by molar-refractivity contribution is 0.270. The molecule has 0 fully saturated rings. The zero-order valence-corrected chi connectivity index (χ0v) is 9.94. The summed E-state index contributed by atoms with van der Waals surface area (Å²) >= 11 is 0. The van der Waals surface area contributed by atoms with E-state index in [2.05, 4.69) is 0 Å². The number of benzene rings is 1. The summed E-state index contributed by atoms with van der Waals surface area (Å²) in [6, 6.07) is 8.25. The van der Waals surface area contributed by atoms with Gasteiger partial charge in [0, 0.05) is 0 Å². The second-order valence-corrected chi connectivity index (χ2v) is 4.30. The highest BCUT2D eigenvalue weighted by Crippen LogP contribution is 2.33. The molecule has 90 valence electrons. The topological polar surface area (TPSA) is 22.4 Å². The quantitative estimate of drug-likeness (QED) is 0.794. The Labute approximate surface area is 100 Å². The van der Waals surface area contributed by atoms with Gasteiger partial charge in [0.15, 0.2) is 0 Å². The molecule has 1 aromatic heterocycles. The van der Waals surface area contributed by atoms with Crippen LogP contribution in [0.2, 0.25) is 0 Å². The SMILES string of the molecule is CC(C)COc1cccc(F)c1-c1ccco1. The number of ether oxygens (including phenoxy) is 1. The van der Waals surface area contributed by atoms with Crippen LogP contribution in [-0.4, -0.2) is 6.61 Å². The molecule has 0 spiro atoms. The van der Waals surface area contributed by atoms with Crippen molar-refractivity contribution in [1.82, 2.24) is 0 Å². The Morgan fingerprint density at radius 3 is 2.71 bits per heavy atom. The molecular weight excluding hydrogens is 219 g/mol. The van der Waals surface area contributed by atoms with Gasteiger partial charge < -0.3 is 9.15 Å². The first-order chi connectivity index (χ1) is 8.18. The van der Waals surface area contributed by atoms with Crippen LogP contribution in [0.3, 0.4) is 0 Å². The minimum Gasteiger partial charge on any atom is -0.492 e. The third-order valence-electron chi connectivity index (χ3n) is 2.32. The fraction of sp³-hybridized carbons (Fsp3) is 0.286. The molecule has 1 heterocycles. The van der Waals surface area contributed by atoms with E-state index in [4.69, 9.17) is 9.15 Å². The third kappa shape index (κ3) is 2.67. The summed E-state index contributed by atoms with van der Waals surface area (Å²) in [7, 11) is 0. The monoisotopic (exact) mass is 234 g/mol. The lowest BCUT2D eigenvalue weighted by atomic mass is 10.1. The number of rotatable bonds is 4. The van der Waals surface area contributed by atoms with E-state index in [1.54, 1.807) is 24.3 Å². The Morgan fingerprint density at radius 1 is 1.24 bits per heavy atom. The first kappa shape index (κ1) is 11.7. The summed E-state index contributed by atoms with van der Waals surface area (Å²) in [5.41, 5.74) is 0.387. The van der Waals surface area contributed by atoms with Crippen molar-refractivity contribution in [2.24, 2.45) is 5.92 Å². The van der Waals surface area contributed by atoms with Crippen LogP contribution in [0.4, 0.5) is 4.39 Å². The van der Waals surface area contributed by atoms with Gasteiger partial charge in [0.1, 0.15) is 17.3 Å². The van der Waals surface area contributed by atoms with Crippen LogP contribution >= 0.6 is 0 Å². The molecule has 0 N–H and O–H groups in total. The summed E-state index contributed by atoms with van der Waals surface area (Å²) in [5.74, 6) is 1.07. The fourth-order valence-electron chi connectivity index (χ4n) is 1.54. The van der Waals surface area contributed by atoms with Gasteiger partial charge in [-0.15, -0.1) is 0 Å². The van der Waals surface area contributed by atoms with Gasteiger partial charge in [-0.25, -0.2) is 4.39 Å². The first-order valence-electron chi connectivity index (χ1n) is 5.63. The molecule has 0 saturated heterocycles. The van der Waals surface area contributed by atoms with Gasteiger partial charge in [-0.2, -0.15) is 0 Å². The lowest BCUT2D eigenvalue weighted by Gasteiger charge is -2.12. The van der Waals surface area contributed by atoms with E-state index in [9.17, 15) is 4.39 Å². The molecule has 3 heteroatoms. The molecule has 2 nitrogen and oxygen atoms in total. The van der Waals surface area contributed by atoms with E-state index >= 15 is 0 Å². The maximum atomic E-state index is 13.8. The van der Waals surface area contributed by atoms with Gasteiger partial charge in [-0.3, -0.25) is 0 Å². The molecule has 0 amide bonds. The summed E-state index contributed by atoms with van der Waals surface area (Å²) in [6.45, 7) is 4.65. The normalized spacial score (nSPS) is 10.8. The van der Waals surface area contributed by atoms with E-state index < -0.39 is 0 Å². The minimum atomic E-state index is -0.332. The number of hydrogen-bond donors (Lipinski definition) is 0. The van der Waals surface area contributed by atoms with E-state index in [0.717, 1.165) is 0 Å². The molecule has 0 saturated carbocycles. The smallest absolute Gasteiger partial charge is 0.140 e. The van der Waals surface area contributed by atoms with Crippen molar-refractivity contribution in [1.29, 1.82) is 0 Å². The van der Waals surface area contributed by atoms with Crippen molar-refractivity contribution < 1.29 is 13.5 Å². The Morgan fingerprint density at radius 2 is 2.06 bits per heavy atom. The van der Waals surface area contributed by atoms with Gasteiger partial charge in [0.2, 0.25) is 0 Å². The Hall–Kier alpha value is -1.77. The predicted molar refractivity (Wildman–Crippen MR) is 64.4 cm³/mol. The maximum Gasteiger partial charge on any atom is 0.140 e. The zero-order chi connectivity index (χ0) is 12.3. The Bertz CT molecular complexity index is 475. The van der Waals surface area contributed by atoms with Crippen LogP contribution < -0.4 is 4.74 Å². The molecule has 17 heavy (non-hydrogen) atoms. The minimum absolute atomic E-state index is 0.332. The highest BCUT2D eigenvalue weighted by molar-refractivity contribution is 5.66. The maximum absolute atomic E-state index is 13.8. The molecule has 2 rings (SSSR count). The number of halogens is 1. The van der Waals surface area contributed by atoms with E-state index in [1.165, 1.54) is 12.3 Å². The number of hydrogen-bond acceptors (Lipinski definition) is 2. The molecular formula is C14H15FO2. The van der Waals surface area contributed by atoms with Crippen molar-refractivity contribution >= 4 is 0 Å². The third-order valence-corrected chi connectivity index (χ3v) is 2.32. The van der Waals surface area contributed by atoms with Gasteiger partial charge in [0.05, 0.1) is 18.4 Å².